The summed E-state index contributed by atoms with van der Waals surface area (Å²) in [6, 6.07) is 3.39. The van der Waals surface area contributed by atoms with Gasteiger partial charge in [-0.05, 0) is 6.42 Å². The number of carbonyl (C=O) groups is 1. The van der Waals surface area contributed by atoms with Crippen molar-refractivity contribution in [2.45, 2.75) is 52.2 Å². The van der Waals surface area contributed by atoms with E-state index >= 15 is 0 Å². The van der Waals surface area contributed by atoms with Crippen molar-refractivity contribution in [3.8, 4) is 0 Å². The van der Waals surface area contributed by atoms with E-state index in [1.807, 2.05) is 6.92 Å². The molecule has 0 rings (SSSR count). The molecule has 0 aliphatic rings. The van der Waals surface area contributed by atoms with Crippen molar-refractivity contribution < 1.29 is 4.79 Å². The summed E-state index contributed by atoms with van der Waals surface area (Å²) in [7, 11) is -1.46. The van der Waals surface area contributed by atoms with Crippen LogP contribution in [0.1, 0.15) is 34.1 Å². The molecule has 0 aromatic carbocycles. The minimum atomic E-state index is -1.46. The predicted molar refractivity (Wildman–Crippen MR) is 52.5 cm³/mol. The fourth-order valence-electron chi connectivity index (χ4n) is 1.72. The Kier molecular flexibility index (Phi) is 4.65. The first-order valence-corrected chi connectivity index (χ1v) is 7.32. The number of rotatable bonds is 5. The zero-order valence-electron chi connectivity index (χ0n) is 8.24. The Labute approximate surface area is 71.2 Å². The molecule has 1 nitrogen and oxygen atoms in total. The van der Waals surface area contributed by atoms with E-state index in [4.69, 9.17) is 0 Å². The first-order chi connectivity index (χ1) is 5.16. The van der Waals surface area contributed by atoms with Crippen LogP contribution in [0.15, 0.2) is 0 Å². The zero-order chi connectivity index (χ0) is 8.91. The molecule has 0 N–H and O–H groups in total. The molecule has 0 bridgehead atoms. The van der Waals surface area contributed by atoms with Crippen LogP contribution in [-0.2, 0) is 4.79 Å². The Morgan fingerprint density at radius 2 is 1.36 bits per heavy atom. The van der Waals surface area contributed by atoms with Gasteiger partial charge in [0.2, 0.25) is 0 Å². The van der Waals surface area contributed by atoms with Crippen molar-refractivity contribution in [1.29, 1.82) is 0 Å². The number of carbonyl (C=O) groups excluding carboxylic acids is 1. The van der Waals surface area contributed by atoms with Crippen LogP contribution in [0.2, 0.25) is 18.1 Å². The van der Waals surface area contributed by atoms with Crippen LogP contribution in [0.5, 0.6) is 0 Å². The van der Waals surface area contributed by atoms with Crippen LogP contribution in [0.4, 0.5) is 0 Å². The lowest BCUT2D eigenvalue weighted by Gasteiger charge is -2.25. The van der Waals surface area contributed by atoms with Crippen LogP contribution in [0, 0.1) is 0 Å². The van der Waals surface area contributed by atoms with Gasteiger partial charge >= 0.3 is 0 Å². The fraction of sp³-hybridized carbons (Fsp3) is 0.889. The molecule has 2 heteroatoms. The summed E-state index contributed by atoms with van der Waals surface area (Å²) in [4.78, 5) is 11.6. The van der Waals surface area contributed by atoms with Crippen molar-refractivity contribution in [3.05, 3.63) is 0 Å². The van der Waals surface area contributed by atoms with E-state index in [1.165, 1.54) is 0 Å². The third kappa shape index (κ3) is 2.16. The van der Waals surface area contributed by atoms with Crippen LogP contribution in [0.25, 0.3) is 0 Å². The second-order valence-corrected chi connectivity index (χ2v) is 8.36. The molecule has 0 saturated heterocycles. The van der Waals surface area contributed by atoms with Crippen LogP contribution < -0.4 is 0 Å². The van der Waals surface area contributed by atoms with Gasteiger partial charge in [-0.3, -0.25) is 0 Å². The molecule has 0 radical (unpaired) electrons. The lowest BCUT2D eigenvalue weighted by molar-refractivity contribution is -0.112. The molecular formula is C9H20OSi. The summed E-state index contributed by atoms with van der Waals surface area (Å²) in [5, 5.41) is 0.574. The van der Waals surface area contributed by atoms with Gasteiger partial charge in [-0.2, -0.15) is 0 Å². The quantitative estimate of drug-likeness (QED) is 0.583. The van der Waals surface area contributed by atoms with Gasteiger partial charge in [0, 0.05) is 0 Å². The maximum absolute atomic E-state index is 11.6. The summed E-state index contributed by atoms with van der Waals surface area (Å²) in [5.41, 5.74) is 0. The van der Waals surface area contributed by atoms with Crippen molar-refractivity contribution in [2.24, 2.45) is 0 Å². The predicted octanol–water partition coefficient (Wildman–Crippen LogP) is 3.01. The normalized spacial score (nSPS) is 11.6. The van der Waals surface area contributed by atoms with Gasteiger partial charge in [0.05, 0.1) is 0 Å². The minimum absolute atomic E-state index is 0.574. The van der Waals surface area contributed by atoms with Crippen LogP contribution in [0.3, 0.4) is 0 Å². The highest BCUT2D eigenvalue weighted by Crippen LogP contribution is 2.22. The second kappa shape index (κ2) is 4.70. The van der Waals surface area contributed by atoms with E-state index in [1.54, 1.807) is 0 Å². The SMILES string of the molecule is CCC(=O)[Si](CC)(CC)CC. The molecule has 0 aliphatic heterocycles. The highest BCUT2D eigenvalue weighted by Gasteiger charge is 2.33. The Balaban J connectivity index is 4.39. The summed E-state index contributed by atoms with van der Waals surface area (Å²) >= 11 is 0. The standard InChI is InChI=1S/C9H20OSi/c1-5-9(10)11(6-2,7-3)8-4/h5-8H2,1-4H3. The maximum Gasteiger partial charge on any atom is 0.132 e. The third-order valence-electron chi connectivity index (χ3n) is 2.94. The molecule has 66 valence electrons. The van der Waals surface area contributed by atoms with E-state index < -0.39 is 8.07 Å². The Morgan fingerprint density at radius 1 is 1.00 bits per heavy atom. The molecule has 0 aromatic heterocycles. The summed E-state index contributed by atoms with van der Waals surface area (Å²) in [6.45, 7) is 8.51. The molecule has 0 amide bonds. The van der Waals surface area contributed by atoms with E-state index in [0.717, 1.165) is 24.6 Å². The molecule has 11 heavy (non-hydrogen) atoms. The average molecular weight is 172 g/mol. The molecular weight excluding hydrogens is 152 g/mol. The summed E-state index contributed by atoms with van der Waals surface area (Å²) in [5.74, 6) is 0. The van der Waals surface area contributed by atoms with E-state index in [-0.39, 0.29) is 0 Å². The maximum atomic E-state index is 11.6. The molecule has 0 fully saturated rings. The first kappa shape index (κ1) is 10.9. The Hall–Kier alpha value is -0.113. The molecule has 0 spiro atoms. The third-order valence-corrected chi connectivity index (χ3v) is 8.54. The van der Waals surface area contributed by atoms with Gasteiger partial charge in [0.15, 0.2) is 0 Å². The van der Waals surface area contributed by atoms with Crippen molar-refractivity contribution in [1.82, 2.24) is 0 Å². The monoisotopic (exact) mass is 172 g/mol. The van der Waals surface area contributed by atoms with Gasteiger partial charge in [-0.15, -0.1) is 0 Å². The van der Waals surface area contributed by atoms with Gasteiger partial charge in [-0.25, -0.2) is 0 Å². The highest BCUT2D eigenvalue weighted by molar-refractivity contribution is 7.05. The molecule has 0 unspecified atom stereocenters. The molecule has 0 saturated carbocycles. The lowest BCUT2D eigenvalue weighted by Crippen LogP contribution is -2.41. The highest BCUT2D eigenvalue weighted by atomic mass is 28.3. The smallest absolute Gasteiger partial charge is 0.132 e. The summed E-state index contributed by atoms with van der Waals surface area (Å²) in [6.07, 6.45) is 0.752. The van der Waals surface area contributed by atoms with Crippen molar-refractivity contribution >= 4 is 13.5 Å². The molecule has 0 atom stereocenters. The van der Waals surface area contributed by atoms with Gasteiger partial charge in [0.1, 0.15) is 13.5 Å². The topological polar surface area (TPSA) is 17.1 Å². The molecule has 0 heterocycles. The second-order valence-electron chi connectivity index (χ2n) is 3.12. The summed E-state index contributed by atoms with van der Waals surface area (Å²) < 4.78 is 0. The van der Waals surface area contributed by atoms with Gasteiger partial charge in [0.25, 0.3) is 0 Å². The van der Waals surface area contributed by atoms with Crippen molar-refractivity contribution in [3.63, 3.8) is 0 Å². The van der Waals surface area contributed by atoms with Crippen LogP contribution in [-0.4, -0.2) is 13.5 Å². The van der Waals surface area contributed by atoms with Gasteiger partial charge < -0.3 is 4.79 Å². The zero-order valence-corrected chi connectivity index (χ0v) is 9.24. The van der Waals surface area contributed by atoms with E-state index in [9.17, 15) is 4.79 Å². The van der Waals surface area contributed by atoms with Gasteiger partial charge in [-0.1, -0.05) is 45.8 Å². The Bertz CT molecular complexity index is 119. The van der Waals surface area contributed by atoms with Crippen molar-refractivity contribution in [2.75, 3.05) is 0 Å². The van der Waals surface area contributed by atoms with Crippen LogP contribution >= 0.6 is 0 Å². The largest absolute Gasteiger partial charge is 0.305 e. The average Bonchev–Trinajstić information content (AvgIpc) is 2.08. The van der Waals surface area contributed by atoms with E-state index in [2.05, 4.69) is 20.8 Å². The lowest BCUT2D eigenvalue weighted by atomic mass is 10.6. The number of hydrogen-bond acceptors (Lipinski definition) is 1. The fourth-order valence-corrected chi connectivity index (χ4v) is 5.15. The van der Waals surface area contributed by atoms with E-state index in [0.29, 0.717) is 5.41 Å². The minimum Gasteiger partial charge on any atom is -0.305 e. The first-order valence-electron chi connectivity index (χ1n) is 4.70. The number of hydrogen-bond donors (Lipinski definition) is 0. The Morgan fingerprint density at radius 3 is 1.45 bits per heavy atom. The molecule has 0 aromatic rings. The molecule has 0 aliphatic carbocycles.